The highest BCUT2D eigenvalue weighted by molar-refractivity contribution is 5.79. The molecule has 0 aliphatic rings. The molecule has 0 unspecified atom stereocenters. The molecule has 6 heteroatoms. The lowest BCUT2D eigenvalue weighted by Gasteiger charge is -2.12. The van der Waals surface area contributed by atoms with Gasteiger partial charge in [-0.05, 0) is 30.7 Å². The minimum absolute atomic E-state index is 0.639. The van der Waals surface area contributed by atoms with Gasteiger partial charge < -0.3 is 24.7 Å². The van der Waals surface area contributed by atoms with E-state index in [1.807, 2.05) is 48.8 Å². The molecule has 0 radical (unpaired) electrons. The van der Waals surface area contributed by atoms with Gasteiger partial charge in [-0.25, -0.2) is 0 Å². The molecular weight excluding hydrogens is 304 g/mol. The van der Waals surface area contributed by atoms with Crippen LogP contribution >= 0.6 is 0 Å². The molecule has 130 valence electrons. The Hall–Kier alpha value is -2.63. The number of nitrogens with one attached hydrogen (secondary N) is 2. The lowest BCUT2D eigenvalue weighted by Crippen LogP contribution is -2.39. The van der Waals surface area contributed by atoms with Crippen LogP contribution in [0.3, 0.4) is 0 Å². The van der Waals surface area contributed by atoms with E-state index in [0.29, 0.717) is 6.61 Å². The van der Waals surface area contributed by atoms with Crippen LogP contribution in [-0.2, 0) is 6.54 Å². The molecule has 0 spiro atoms. The van der Waals surface area contributed by atoms with Gasteiger partial charge in [0, 0.05) is 45.1 Å². The number of aromatic nitrogens is 1. The van der Waals surface area contributed by atoms with Crippen molar-refractivity contribution in [2.24, 2.45) is 4.99 Å². The maximum Gasteiger partial charge on any atom is 0.191 e. The fourth-order valence-corrected chi connectivity index (χ4v) is 2.20. The summed E-state index contributed by atoms with van der Waals surface area (Å²) in [7, 11) is 3.43. The molecule has 1 aromatic heterocycles. The predicted molar refractivity (Wildman–Crippen MR) is 96.9 cm³/mol. The van der Waals surface area contributed by atoms with Crippen molar-refractivity contribution in [3.05, 3.63) is 48.8 Å². The van der Waals surface area contributed by atoms with Gasteiger partial charge in [-0.3, -0.25) is 4.99 Å². The maximum atomic E-state index is 5.71. The van der Waals surface area contributed by atoms with E-state index in [1.165, 1.54) is 0 Å². The van der Waals surface area contributed by atoms with Crippen LogP contribution in [0.5, 0.6) is 11.5 Å². The van der Waals surface area contributed by atoms with Crippen LogP contribution in [0.25, 0.3) is 0 Å². The number of ether oxygens (including phenoxy) is 2. The van der Waals surface area contributed by atoms with E-state index >= 15 is 0 Å². The first-order valence-electron chi connectivity index (χ1n) is 8.14. The second-order valence-corrected chi connectivity index (χ2v) is 5.23. The predicted octanol–water partition coefficient (Wildman–Crippen LogP) is 2.13. The Morgan fingerprint density at radius 1 is 1.08 bits per heavy atom. The van der Waals surface area contributed by atoms with Crippen molar-refractivity contribution < 1.29 is 9.47 Å². The van der Waals surface area contributed by atoms with Crippen LogP contribution in [0.1, 0.15) is 6.42 Å². The highest BCUT2D eigenvalue weighted by Gasteiger charge is 1.99. The van der Waals surface area contributed by atoms with Gasteiger partial charge in [0.15, 0.2) is 5.96 Å². The molecule has 0 saturated carbocycles. The molecule has 0 saturated heterocycles. The second kappa shape index (κ2) is 10.2. The highest BCUT2D eigenvalue weighted by Crippen LogP contribution is 2.18. The minimum atomic E-state index is 0.639. The number of benzene rings is 1. The van der Waals surface area contributed by atoms with Gasteiger partial charge in [-0.15, -0.1) is 0 Å². The summed E-state index contributed by atoms with van der Waals surface area (Å²) in [6.07, 6.45) is 4.98. The van der Waals surface area contributed by atoms with Crippen LogP contribution in [0.15, 0.2) is 53.8 Å². The Morgan fingerprint density at radius 2 is 1.83 bits per heavy atom. The quantitative estimate of drug-likeness (QED) is 0.420. The first-order valence-corrected chi connectivity index (χ1v) is 8.14. The summed E-state index contributed by atoms with van der Waals surface area (Å²) >= 11 is 0. The topological polar surface area (TPSA) is 59.8 Å². The van der Waals surface area contributed by atoms with Gasteiger partial charge in [0.25, 0.3) is 0 Å². The van der Waals surface area contributed by atoms with Crippen LogP contribution in [-0.4, -0.2) is 44.4 Å². The van der Waals surface area contributed by atoms with Crippen molar-refractivity contribution >= 4 is 5.96 Å². The van der Waals surface area contributed by atoms with Crippen molar-refractivity contribution in [1.29, 1.82) is 0 Å². The summed E-state index contributed by atoms with van der Waals surface area (Å²) in [5.41, 5.74) is 0. The van der Waals surface area contributed by atoms with E-state index < -0.39 is 0 Å². The Labute approximate surface area is 143 Å². The zero-order chi connectivity index (χ0) is 17.0. The van der Waals surface area contributed by atoms with E-state index in [0.717, 1.165) is 43.5 Å². The minimum Gasteiger partial charge on any atom is -0.497 e. The lowest BCUT2D eigenvalue weighted by molar-refractivity contribution is 0.308. The number of methoxy groups -OCH3 is 1. The van der Waals surface area contributed by atoms with Crippen LogP contribution in [0.4, 0.5) is 0 Å². The average Bonchev–Trinajstić information content (AvgIpc) is 3.13. The summed E-state index contributed by atoms with van der Waals surface area (Å²) in [5, 5.41) is 6.58. The summed E-state index contributed by atoms with van der Waals surface area (Å²) < 4.78 is 13.0. The summed E-state index contributed by atoms with van der Waals surface area (Å²) in [5.74, 6) is 2.44. The molecule has 0 amide bonds. The Balaban J connectivity index is 1.58. The smallest absolute Gasteiger partial charge is 0.191 e. The second-order valence-electron chi connectivity index (χ2n) is 5.23. The first-order chi connectivity index (χ1) is 11.8. The fourth-order valence-electron chi connectivity index (χ4n) is 2.20. The largest absolute Gasteiger partial charge is 0.497 e. The van der Waals surface area contributed by atoms with Crippen molar-refractivity contribution in [2.45, 2.75) is 13.0 Å². The molecule has 0 aliphatic carbocycles. The zero-order valence-corrected chi connectivity index (χ0v) is 14.4. The molecule has 6 nitrogen and oxygen atoms in total. The van der Waals surface area contributed by atoms with Gasteiger partial charge in [-0.2, -0.15) is 0 Å². The van der Waals surface area contributed by atoms with Crippen molar-refractivity contribution in [1.82, 2.24) is 15.2 Å². The molecule has 2 aromatic rings. The Morgan fingerprint density at radius 3 is 2.58 bits per heavy atom. The third-order valence-corrected chi connectivity index (χ3v) is 3.48. The van der Waals surface area contributed by atoms with Crippen LogP contribution in [0, 0.1) is 0 Å². The average molecular weight is 330 g/mol. The van der Waals surface area contributed by atoms with E-state index in [4.69, 9.17) is 9.47 Å². The van der Waals surface area contributed by atoms with Crippen molar-refractivity contribution in [3.8, 4) is 11.5 Å². The van der Waals surface area contributed by atoms with Crippen LogP contribution in [0.2, 0.25) is 0 Å². The Kier molecular flexibility index (Phi) is 7.53. The molecule has 0 atom stereocenters. The van der Waals surface area contributed by atoms with Crippen molar-refractivity contribution in [3.63, 3.8) is 0 Å². The SMILES string of the molecule is CN=C(NCCCOc1cccc(OC)c1)NCCn1cccc1. The standard InChI is InChI=1S/C18H26N4O2/c1-19-18(21-10-13-22-11-3-4-12-22)20-9-6-14-24-17-8-5-7-16(15-17)23-2/h3-5,7-8,11-12,15H,6,9-10,13-14H2,1-2H3,(H2,19,20,21). The molecule has 2 N–H and O–H groups in total. The van der Waals surface area contributed by atoms with Gasteiger partial charge in [0.1, 0.15) is 11.5 Å². The van der Waals surface area contributed by atoms with Gasteiger partial charge in [0.05, 0.1) is 13.7 Å². The number of aliphatic imine (C=N–C) groups is 1. The summed E-state index contributed by atoms with van der Waals surface area (Å²) in [4.78, 5) is 4.21. The number of rotatable bonds is 9. The van der Waals surface area contributed by atoms with Gasteiger partial charge >= 0.3 is 0 Å². The number of guanidine groups is 1. The first kappa shape index (κ1) is 17.7. The molecule has 0 fully saturated rings. The molecule has 1 heterocycles. The van der Waals surface area contributed by atoms with E-state index in [9.17, 15) is 0 Å². The molecule has 24 heavy (non-hydrogen) atoms. The van der Waals surface area contributed by atoms with E-state index in [1.54, 1.807) is 14.2 Å². The molecule has 0 bridgehead atoms. The molecular formula is C18H26N4O2. The van der Waals surface area contributed by atoms with Gasteiger partial charge in [0.2, 0.25) is 0 Å². The zero-order valence-electron chi connectivity index (χ0n) is 14.4. The molecule has 1 aromatic carbocycles. The maximum absolute atomic E-state index is 5.71. The number of hydrogen-bond donors (Lipinski definition) is 2. The normalized spacial score (nSPS) is 11.2. The number of nitrogens with zero attached hydrogens (tertiary/aromatic N) is 2. The third kappa shape index (κ3) is 6.24. The third-order valence-electron chi connectivity index (χ3n) is 3.48. The Bertz CT molecular complexity index is 611. The number of hydrogen-bond acceptors (Lipinski definition) is 3. The highest BCUT2D eigenvalue weighted by atomic mass is 16.5. The fraction of sp³-hybridized carbons (Fsp3) is 0.389. The van der Waals surface area contributed by atoms with Crippen molar-refractivity contribution in [2.75, 3.05) is 33.9 Å². The van der Waals surface area contributed by atoms with Crippen LogP contribution < -0.4 is 20.1 Å². The van der Waals surface area contributed by atoms with E-state index in [-0.39, 0.29) is 0 Å². The molecule has 0 aliphatic heterocycles. The summed E-state index contributed by atoms with van der Waals surface area (Å²) in [6, 6.07) is 11.7. The summed E-state index contributed by atoms with van der Waals surface area (Å²) in [6.45, 7) is 3.18. The lowest BCUT2D eigenvalue weighted by atomic mass is 10.3. The van der Waals surface area contributed by atoms with E-state index in [2.05, 4.69) is 20.2 Å². The monoisotopic (exact) mass is 330 g/mol. The van der Waals surface area contributed by atoms with Gasteiger partial charge in [-0.1, -0.05) is 6.07 Å². The molecule has 2 rings (SSSR count).